The molecule has 1 aromatic carbocycles. The molecule has 1 heterocycles. The molecule has 6 heteroatoms. The standard InChI is InChI=1S/C14H13BrN2O3/c1-19-13-11(7-8-12(15)17-13)16-14(18)20-9-10-5-3-2-4-6-10/h2-8H,9H2,1H3,(H,16,18). The number of anilines is 1. The van der Waals surface area contributed by atoms with Crippen molar-refractivity contribution < 1.29 is 14.3 Å². The number of nitrogens with one attached hydrogen (secondary N) is 1. The quantitative estimate of drug-likeness (QED) is 0.866. The maximum atomic E-state index is 11.7. The summed E-state index contributed by atoms with van der Waals surface area (Å²) in [4.78, 5) is 15.8. The fraction of sp³-hybridized carbons (Fsp3) is 0.143. The highest BCUT2D eigenvalue weighted by atomic mass is 79.9. The van der Waals surface area contributed by atoms with Gasteiger partial charge in [-0.1, -0.05) is 30.3 Å². The zero-order chi connectivity index (χ0) is 14.4. The Labute approximate surface area is 125 Å². The Morgan fingerprint density at radius 2 is 2.00 bits per heavy atom. The van der Waals surface area contributed by atoms with Gasteiger partial charge < -0.3 is 9.47 Å². The predicted molar refractivity (Wildman–Crippen MR) is 78.7 cm³/mol. The number of ether oxygens (including phenoxy) is 2. The number of carbonyl (C=O) groups excluding carboxylic acids is 1. The summed E-state index contributed by atoms with van der Waals surface area (Å²) in [6.45, 7) is 0.207. The zero-order valence-electron chi connectivity index (χ0n) is 10.8. The minimum Gasteiger partial charge on any atom is -0.479 e. The minimum atomic E-state index is -0.559. The molecule has 0 bridgehead atoms. The molecule has 0 spiro atoms. The van der Waals surface area contributed by atoms with Crippen LogP contribution in [0.15, 0.2) is 47.1 Å². The summed E-state index contributed by atoms with van der Waals surface area (Å²) in [5.74, 6) is 0.316. The molecule has 0 saturated carbocycles. The number of pyridine rings is 1. The number of rotatable bonds is 4. The molecular weight excluding hydrogens is 324 g/mol. The monoisotopic (exact) mass is 336 g/mol. The smallest absolute Gasteiger partial charge is 0.412 e. The number of carbonyl (C=O) groups is 1. The lowest BCUT2D eigenvalue weighted by Gasteiger charge is -2.10. The van der Waals surface area contributed by atoms with E-state index in [0.29, 0.717) is 16.2 Å². The third-order valence-electron chi connectivity index (χ3n) is 2.47. The molecule has 0 aliphatic rings. The second-order valence-corrected chi connectivity index (χ2v) is 4.69. The van der Waals surface area contributed by atoms with Crippen molar-refractivity contribution in [2.45, 2.75) is 6.61 Å². The summed E-state index contributed by atoms with van der Waals surface area (Å²) in [6.07, 6.45) is -0.559. The number of hydrogen-bond acceptors (Lipinski definition) is 4. The Hall–Kier alpha value is -2.08. The number of halogens is 1. The van der Waals surface area contributed by atoms with Crippen molar-refractivity contribution in [2.75, 3.05) is 12.4 Å². The molecule has 5 nitrogen and oxygen atoms in total. The first-order chi connectivity index (χ1) is 9.69. The molecule has 2 aromatic rings. The van der Waals surface area contributed by atoms with Gasteiger partial charge in [0.1, 0.15) is 16.9 Å². The Kier molecular flexibility index (Phi) is 4.95. The molecule has 0 unspecified atom stereocenters. The highest BCUT2D eigenvalue weighted by Gasteiger charge is 2.10. The van der Waals surface area contributed by atoms with Crippen LogP contribution in [0.5, 0.6) is 5.88 Å². The molecule has 0 atom stereocenters. The molecule has 0 fully saturated rings. The molecule has 1 amide bonds. The van der Waals surface area contributed by atoms with Gasteiger partial charge in [-0.3, -0.25) is 5.32 Å². The number of nitrogens with zero attached hydrogens (tertiary/aromatic N) is 1. The van der Waals surface area contributed by atoms with Gasteiger partial charge in [-0.25, -0.2) is 9.78 Å². The topological polar surface area (TPSA) is 60.5 Å². The van der Waals surface area contributed by atoms with E-state index in [0.717, 1.165) is 5.56 Å². The molecule has 2 rings (SSSR count). The minimum absolute atomic E-state index is 0.207. The highest BCUT2D eigenvalue weighted by Crippen LogP contribution is 2.24. The van der Waals surface area contributed by atoms with Crippen molar-refractivity contribution in [1.29, 1.82) is 0 Å². The van der Waals surface area contributed by atoms with E-state index in [4.69, 9.17) is 9.47 Å². The maximum absolute atomic E-state index is 11.7. The molecule has 0 aliphatic heterocycles. The Bertz CT molecular complexity index is 590. The summed E-state index contributed by atoms with van der Waals surface area (Å²) in [7, 11) is 1.48. The van der Waals surface area contributed by atoms with Crippen LogP contribution in [0.2, 0.25) is 0 Å². The summed E-state index contributed by atoms with van der Waals surface area (Å²) in [5.41, 5.74) is 1.37. The van der Waals surface area contributed by atoms with Crippen LogP contribution >= 0.6 is 15.9 Å². The van der Waals surface area contributed by atoms with Gasteiger partial charge in [-0.05, 0) is 33.6 Å². The fourth-order valence-corrected chi connectivity index (χ4v) is 1.83. The number of benzene rings is 1. The summed E-state index contributed by atoms with van der Waals surface area (Å²) < 4.78 is 10.8. The van der Waals surface area contributed by atoms with E-state index < -0.39 is 6.09 Å². The van der Waals surface area contributed by atoms with Gasteiger partial charge in [0.05, 0.1) is 7.11 Å². The van der Waals surface area contributed by atoms with Crippen molar-refractivity contribution in [1.82, 2.24) is 4.98 Å². The van der Waals surface area contributed by atoms with E-state index in [1.807, 2.05) is 30.3 Å². The average molecular weight is 337 g/mol. The molecule has 0 aliphatic carbocycles. The van der Waals surface area contributed by atoms with Gasteiger partial charge in [-0.2, -0.15) is 0 Å². The van der Waals surface area contributed by atoms with Crippen LogP contribution < -0.4 is 10.1 Å². The van der Waals surface area contributed by atoms with Gasteiger partial charge in [0, 0.05) is 0 Å². The van der Waals surface area contributed by atoms with E-state index in [1.165, 1.54) is 7.11 Å². The first-order valence-corrected chi connectivity index (χ1v) is 6.66. The summed E-state index contributed by atoms with van der Waals surface area (Å²) in [6, 6.07) is 12.8. The number of aromatic nitrogens is 1. The third-order valence-corrected chi connectivity index (χ3v) is 2.91. The SMILES string of the molecule is COc1nc(Br)ccc1NC(=O)OCc1ccccc1. The van der Waals surface area contributed by atoms with Crippen molar-refractivity contribution in [2.24, 2.45) is 0 Å². The van der Waals surface area contributed by atoms with Crippen molar-refractivity contribution >= 4 is 27.7 Å². The van der Waals surface area contributed by atoms with E-state index in [1.54, 1.807) is 12.1 Å². The van der Waals surface area contributed by atoms with E-state index in [9.17, 15) is 4.79 Å². The van der Waals surface area contributed by atoms with Crippen molar-refractivity contribution in [3.05, 3.63) is 52.6 Å². The van der Waals surface area contributed by atoms with Gasteiger partial charge in [0.15, 0.2) is 0 Å². The maximum Gasteiger partial charge on any atom is 0.412 e. The Morgan fingerprint density at radius 3 is 2.70 bits per heavy atom. The Morgan fingerprint density at radius 1 is 1.25 bits per heavy atom. The largest absolute Gasteiger partial charge is 0.479 e. The lowest BCUT2D eigenvalue weighted by atomic mass is 10.2. The van der Waals surface area contributed by atoms with Gasteiger partial charge in [0.2, 0.25) is 5.88 Å². The van der Waals surface area contributed by atoms with Crippen LogP contribution in [0.4, 0.5) is 10.5 Å². The predicted octanol–water partition coefficient (Wildman–Crippen LogP) is 3.60. The second-order valence-electron chi connectivity index (χ2n) is 3.88. The number of hydrogen-bond donors (Lipinski definition) is 1. The molecule has 1 N–H and O–H groups in total. The van der Waals surface area contributed by atoms with Crippen LogP contribution in [0.25, 0.3) is 0 Å². The molecule has 1 aromatic heterocycles. The van der Waals surface area contributed by atoms with E-state index in [2.05, 4.69) is 26.2 Å². The average Bonchev–Trinajstić information content (AvgIpc) is 2.48. The van der Waals surface area contributed by atoms with Crippen molar-refractivity contribution in [3.63, 3.8) is 0 Å². The number of methoxy groups -OCH3 is 1. The normalized spacial score (nSPS) is 9.90. The highest BCUT2D eigenvalue weighted by molar-refractivity contribution is 9.10. The molecule has 0 radical (unpaired) electrons. The second kappa shape index (κ2) is 6.91. The van der Waals surface area contributed by atoms with Gasteiger partial charge in [-0.15, -0.1) is 0 Å². The van der Waals surface area contributed by atoms with E-state index in [-0.39, 0.29) is 6.61 Å². The zero-order valence-corrected chi connectivity index (χ0v) is 12.4. The van der Waals surface area contributed by atoms with Crippen LogP contribution in [0.3, 0.4) is 0 Å². The van der Waals surface area contributed by atoms with Crippen LogP contribution in [-0.4, -0.2) is 18.2 Å². The molecule has 0 saturated heterocycles. The van der Waals surface area contributed by atoms with Crippen LogP contribution in [-0.2, 0) is 11.3 Å². The molecule has 104 valence electrons. The summed E-state index contributed by atoms with van der Waals surface area (Å²) in [5, 5.41) is 2.59. The number of amides is 1. The van der Waals surface area contributed by atoms with E-state index >= 15 is 0 Å². The first-order valence-electron chi connectivity index (χ1n) is 5.87. The van der Waals surface area contributed by atoms with Crippen LogP contribution in [0, 0.1) is 0 Å². The fourth-order valence-electron chi connectivity index (χ4n) is 1.54. The van der Waals surface area contributed by atoms with Crippen LogP contribution in [0.1, 0.15) is 5.56 Å². The lowest BCUT2D eigenvalue weighted by Crippen LogP contribution is -2.14. The summed E-state index contributed by atoms with van der Waals surface area (Å²) >= 11 is 3.23. The first kappa shape index (κ1) is 14.3. The van der Waals surface area contributed by atoms with Gasteiger partial charge in [0.25, 0.3) is 0 Å². The molecule has 20 heavy (non-hydrogen) atoms. The third kappa shape index (κ3) is 3.96. The van der Waals surface area contributed by atoms with Crippen molar-refractivity contribution in [3.8, 4) is 5.88 Å². The van der Waals surface area contributed by atoms with Gasteiger partial charge >= 0.3 is 6.09 Å². The lowest BCUT2D eigenvalue weighted by molar-refractivity contribution is 0.155. The molecular formula is C14H13BrN2O3. The Balaban J connectivity index is 1.95.